The largest absolute Gasteiger partial charge is 0.508 e. The molecule has 0 radical (unpaired) electrons. The Labute approximate surface area is 100 Å². The number of amides is 1. The maximum Gasteiger partial charge on any atom is 0.252 e. The van der Waals surface area contributed by atoms with Crippen molar-refractivity contribution >= 4 is 5.91 Å². The summed E-state index contributed by atoms with van der Waals surface area (Å²) in [6.07, 6.45) is 5.30. The fourth-order valence-corrected chi connectivity index (χ4v) is 1.35. The van der Waals surface area contributed by atoms with E-state index in [4.69, 9.17) is 6.42 Å². The third-order valence-electron chi connectivity index (χ3n) is 2.30. The normalized spacial score (nSPS) is 11.9. The van der Waals surface area contributed by atoms with E-state index < -0.39 is 5.91 Å². The maximum atomic E-state index is 11.8. The molecule has 1 aromatic rings. The van der Waals surface area contributed by atoms with Crippen LogP contribution >= 0.6 is 0 Å². The highest BCUT2D eigenvalue weighted by molar-refractivity contribution is 5.95. The molecule has 0 spiro atoms. The number of carbonyl (C=O) groups is 1. The van der Waals surface area contributed by atoms with Gasteiger partial charge >= 0.3 is 0 Å². The van der Waals surface area contributed by atoms with Crippen LogP contribution in [0.1, 0.15) is 24.2 Å². The fraction of sp³-hybridized carbons (Fsp3) is 0.308. The Morgan fingerprint density at radius 2 is 1.82 bits per heavy atom. The van der Waals surface area contributed by atoms with E-state index in [2.05, 4.69) is 11.2 Å². The van der Waals surface area contributed by atoms with Gasteiger partial charge in [-0.05, 0) is 18.1 Å². The number of nitrogens with one attached hydrogen (secondary N) is 1. The molecule has 0 aromatic heterocycles. The first kappa shape index (κ1) is 12.9. The molecule has 1 atom stereocenters. The minimum Gasteiger partial charge on any atom is -0.508 e. The highest BCUT2D eigenvalue weighted by Gasteiger charge is 2.15. The van der Waals surface area contributed by atoms with Crippen molar-refractivity contribution in [2.45, 2.75) is 19.9 Å². The van der Waals surface area contributed by atoms with E-state index in [1.807, 2.05) is 13.8 Å². The molecule has 0 aliphatic carbocycles. The zero-order chi connectivity index (χ0) is 13.0. The average Bonchev–Trinajstić information content (AvgIpc) is 2.23. The lowest BCUT2D eigenvalue weighted by Crippen LogP contribution is -2.37. The standard InChI is InChI=1S/C13H15NO3/c1-4-12(8(2)3)14-13(17)9-5-10(15)7-11(16)6-9/h1,5-8,12,15-16H,2-3H3,(H,14,17). The minimum atomic E-state index is -0.423. The van der Waals surface area contributed by atoms with Crippen molar-refractivity contribution in [3.05, 3.63) is 23.8 Å². The number of hydrogen-bond donors (Lipinski definition) is 3. The predicted molar refractivity (Wildman–Crippen MR) is 64.7 cm³/mol. The molecular weight excluding hydrogens is 218 g/mol. The molecule has 1 amide bonds. The van der Waals surface area contributed by atoms with Gasteiger partial charge in [-0.3, -0.25) is 4.79 Å². The van der Waals surface area contributed by atoms with Crippen molar-refractivity contribution in [3.63, 3.8) is 0 Å². The van der Waals surface area contributed by atoms with E-state index in [1.54, 1.807) is 0 Å². The molecule has 0 saturated carbocycles. The summed E-state index contributed by atoms with van der Waals surface area (Å²) in [4.78, 5) is 11.8. The molecule has 0 saturated heterocycles. The van der Waals surface area contributed by atoms with Crippen LogP contribution in [0.25, 0.3) is 0 Å². The van der Waals surface area contributed by atoms with Crippen LogP contribution in [0.3, 0.4) is 0 Å². The summed E-state index contributed by atoms with van der Waals surface area (Å²) in [6, 6.07) is 3.30. The maximum absolute atomic E-state index is 11.8. The summed E-state index contributed by atoms with van der Waals surface area (Å²) in [5.74, 6) is 1.82. The van der Waals surface area contributed by atoms with Gasteiger partial charge in [0.2, 0.25) is 0 Å². The van der Waals surface area contributed by atoms with Gasteiger partial charge in [0.05, 0.1) is 6.04 Å². The summed E-state index contributed by atoms with van der Waals surface area (Å²) in [5.41, 5.74) is 0.170. The van der Waals surface area contributed by atoms with Crippen LogP contribution in [0, 0.1) is 18.3 Å². The van der Waals surface area contributed by atoms with Crippen molar-refractivity contribution in [3.8, 4) is 23.8 Å². The van der Waals surface area contributed by atoms with Gasteiger partial charge in [-0.15, -0.1) is 6.42 Å². The Balaban J connectivity index is 2.87. The third-order valence-corrected chi connectivity index (χ3v) is 2.30. The Hall–Kier alpha value is -2.15. The van der Waals surface area contributed by atoms with Crippen LogP contribution in [0.5, 0.6) is 11.5 Å². The molecule has 4 heteroatoms. The van der Waals surface area contributed by atoms with Crippen molar-refractivity contribution in [1.82, 2.24) is 5.32 Å². The fourth-order valence-electron chi connectivity index (χ4n) is 1.35. The molecule has 0 fully saturated rings. The van der Waals surface area contributed by atoms with E-state index >= 15 is 0 Å². The first-order valence-corrected chi connectivity index (χ1v) is 5.24. The van der Waals surface area contributed by atoms with Crippen LogP contribution in [0.15, 0.2) is 18.2 Å². The van der Waals surface area contributed by atoms with Crippen LogP contribution in [0.2, 0.25) is 0 Å². The van der Waals surface area contributed by atoms with Crippen LogP contribution in [-0.4, -0.2) is 22.2 Å². The summed E-state index contributed by atoms with van der Waals surface area (Å²) in [7, 11) is 0. The smallest absolute Gasteiger partial charge is 0.252 e. The molecular formula is C13H15NO3. The monoisotopic (exact) mass is 233 g/mol. The number of aromatic hydroxyl groups is 2. The van der Waals surface area contributed by atoms with Gasteiger partial charge in [0.25, 0.3) is 5.91 Å². The molecule has 1 rings (SSSR count). The molecule has 3 N–H and O–H groups in total. The molecule has 0 bridgehead atoms. The molecule has 0 heterocycles. The van der Waals surface area contributed by atoms with Crippen molar-refractivity contribution in [1.29, 1.82) is 0 Å². The molecule has 17 heavy (non-hydrogen) atoms. The van der Waals surface area contributed by atoms with E-state index in [0.717, 1.165) is 6.07 Å². The molecule has 1 aromatic carbocycles. The average molecular weight is 233 g/mol. The summed E-state index contributed by atoms with van der Waals surface area (Å²) < 4.78 is 0. The number of carbonyl (C=O) groups excluding carboxylic acids is 1. The predicted octanol–water partition coefficient (Wildman–Crippen LogP) is 1.49. The quantitative estimate of drug-likeness (QED) is 0.693. The lowest BCUT2D eigenvalue weighted by atomic mass is 10.0. The number of hydrogen-bond acceptors (Lipinski definition) is 3. The SMILES string of the molecule is C#CC(NC(=O)c1cc(O)cc(O)c1)C(C)C. The lowest BCUT2D eigenvalue weighted by molar-refractivity contribution is 0.0937. The van der Waals surface area contributed by atoms with Gasteiger partial charge in [-0.25, -0.2) is 0 Å². The highest BCUT2D eigenvalue weighted by atomic mass is 16.3. The number of phenolic OH excluding ortho intramolecular Hbond substituents is 2. The lowest BCUT2D eigenvalue weighted by Gasteiger charge is -2.16. The molecule has 0 aliphatic heterocycles. The van der Waals surface area contributed by atoms with Crippen molar-refractivity contribution in [2.75, 3.05) is 0 Å². The van der Waals surface area contributed by atoms with E-state index in [0.29, 0.717) is 0 Å². The Morgan fingerprint density at radius 3 is 2.24 bits per heavy atom. The second kappa shape index (κ2) is 5.26. The first-order chi connectivity index (χ1) is 7.93. The van der Waals surface area contributed by atoms with Crippen molar-refractivity contribution < 1.29 is 15.0 Å². The van der Waals surface area contributed by atoms with Crippen LogP contribution in [0.4, 0.5) is 0 Å². The third kappa shape index (κ3) is 3.42. The molecule has 0 aliphatic rings. The highest BCUT2D eigenvalue weighted by Crippen LogP contribution is 2.20. The topological polar surface area (TPSA) is 69.6 Å². The Bertz CT molecular complexity index is 440. The van der Waals surface area contributed by atoms with Gasteiger partial charge in [0.15, 0.2) is 0 Å². The van der Waals surface area contributed by atoms with Gasteiger partial charge in [-0.1, -0.05) is 19.8 Å². The molecule has 1 unspecified atom stereocenters. The number of phenols is 2. The van der Waals surface area contributed by atoms with Gasteiger partial charge < -0.3 is 15.5 Å². The van der Waals surface area contributed by atoms with Gasteiger partial charge in [-0.2, -0.15) is 0 Å². The number of benzene rings is 1. The second-order valence-corrected chi connectivity index (χ2v) is 4.10. The number of terminal acetylenes is 1. The van der Waals surface area contributed by atoms with E-state index in [-0.39, 0.29) is 29.0 Å². The zero-order valence-corrected chi connectivity index (χ0v) is 9.77. The Kier molecular flexibility index (Phi) is 4.00. The Morgan fingerprint density at radius 1 is 1.29 bits per heavy atom. The summed E-state index contributed by atoms with van der Waals surface area (Å²) >= 11 is 0. The van der Waals surface area contributed by atoms with Gasteiger partial charge in [0, 0.05) is 11.6 Å². The second-order valence-electron chi connectivity index (χ2n) is 4.10. The number of rotatable bonds is 3. The van der Waals surface area contributed by atoms with Gasteiger partial charge in [0.1, 0.15) is 11.5 Å². The van der Waals surface area contributed by atoms with E-state index in [1.165, 1.54) is 12.1 Å². The summed E-state index contributed by atoms with van der Waals surface area (Å²) in [6.45, 7) is 3.79. The zero-order valence-electron chi connectivity index (χ0n) is 9.77. The summed E-state index contributed by atoms with van der Waals surface area (Å²) in [5, 5.41) is 21.2. The van der Waals surface area contributed by atoms with Crippen LogP contribution < -0.4 is 5.32 Å². The van der Waals surface area contributed by atoms with E-state index in [9.17, 15) is 15.0 Å². The van der Waals surface area contributed by atoms with Crippen molar-refractivity contribution in [2.24, 2.45) is 5.92 Å². The molecule has 4 nitrogen and oxygen atoms in total. The molecule has 90 valence electrons. The minimum absolute atomic E-state index is 0.106. The first-order valence-electron chi connectivity index (χ1n) is 5.24. The van der Waals surface area contributed by atoms with Crippen LogP contribution in [-0.2, 0) is 0 Å².